The van der Waals surface area contributed by atoms with Gasteiger partial charge in [0.25, 0.3) is 0 Å². The summed E-state index contributed by atoms with van der Waals surface area (Å²) in [6.45, 7) is 4.23. The van der Waals surface area contributed by atoms with Gasteiger partial charge in [0.2, 0.25) is 4.90 Å². The summed E-state index contributed by atoms with van der Waals surface area (Å²) in [6, 6.07) is 17.3. The van der Waals surface area contributed by atoms with Gasteiger partial charge in [-0.3, -0.25) is 0 Å². The Labute approximate surface area is 105 Å². The van der Waals surface area contributed by atoms with Gasteiger partial charge in [0.15, 0.2) is 10.8 Å². The van der Waals surface area contributed by atoms with Crippen molar-refractivity contribution in [2.45, 2.75) is 23.6 Å². The first-order chi connectivity index (χ1) is 7.74. The summed E-state index contributed by atoms with van der Waals surface area (Å²) in [5.41, 5.74) is 2.62. The highest BCUT2D eigenvalue weighted by Crippen LogP contribution is 2.24. The van der Waals surface area contributed by atoms with Gasteiger partial charge in [-0.15, -0.1) is 0 Å². The molecule has 0 saturated heterocycles. The number of hydrogen-bond donors (Lipinski definition) is 0. The van der Waals surface area contributed by atoms with Crippen LogP contribution in [0.5, 0.6) is 0 Å². The van der Waals surface area contributed by atoms with Crippen molar-refractivity contribution in [2.75, 3.05) is 0 Å². The zero-order chi connectivity index (χ0) is 11.4. The normalized spacial score (nSPS) is 10.4. The predicted molar refractivity (Wildman–Crippen MR) is 73.8 cm³/mol. The minimum Gasteiger partial charge on any atom is -0.0580 e. The molecule has 2 rings (SSSR count). The molecule has 2 heteroatoms. The van der Waals surface area contributed by atoms with Gasteiger partial charge >= 0.3 is 10.8 Å². The molecule has 2 aromatic rings. The van der Waals surface area contributed by atoms with E-state index in [1.165, 1.54) is 20.9 Å². The second kappa shape index (κ2) is 5.46. The van der Waals surface area contributed by atoms with E-state index in [4.69, 9.17) is 0 Å². The van der Waals surface area contributed by atoms with Gasteiger partial charge in [0, 0.05) is 0 Å². The topological polar surface area (TPSA) is 0 Å². The van der Waals surface area contributed by atoms with Crippen molar-refractivity contribution < 1.29 is 0 Å². The molecule has 0 aliphatic heterocycles. The highest BCUT2D eigenvalue weighted by atomic mass is 33.1. The van der Waals surface area contributed by atoms with E-state index in [9.17, 15) is 0 Å². The Morgan fingerprint density at radius 1 is 0.750 bits per heavy atom. The summed E-state index contributed by atoms with van der Waals surface area (Å²) in [7, 11) is 3.61. The molecule has 0 fully saturated rings. The van der Waals surface area contributed by atoms with Gasteiger partial charge in [-0.25, -0.2) is 0 Å². The Bertz CT molecular complexity index is 398. The molecule has 0 nitrogen and oxygen atoms in total. The summed E-state index contributed by atoms with van der Waals surface area (Å²) in [6.07, 6.45) is 0. The van der Waals surface area contributed by atoms with Crippen LogP contribution in [-0.4, -0.2) is 0 Å². The van der Waals surface area contributed by atoms with E-state index in [1.54, 1.807) is 21.6 Å². The third-order valence-electron chi connectivity index (χ3n) is 2.28. The fourth-order valence-electron chi connectivity index (χ4n) is 1.28. The standard InChI is InChI=1S/C14H14S2/c1-11-3-7-13(8-4-11)15-16-14-9-5-12(2)6-10-14/h3-10H,1-2H3/q+1. The predicted octanol–water partition coefficient (Wildman–Crippen LogP) is 4.45. The maximum Gasteiger partial charge on any atom is 0.330 e. The molecular formula is C14H14S2+. The number of aryl methyl sites for hydroxylation is 2. The Balaban J connectivity index is 1.97. The van der Waals surface area contributed by atoms with Crippen LogP contribution < -0.4 is 0 Å². The summed E-state index contributed by atoms with van der Waals surface area (Å²) >= 11 is 0. The van der Waals surface area contributed by atoms with Gasteiger partial charge in [0.1, 0.15) is 0 Å². The molecule has 81 valence electrons. The first-order valence-corrected chi connectivity index (χ1v) is 7.37. The van der Waals surface area contributed by atoms with Crippen molar-refractivity contribution in [1.29, 1.82) is 0 Å². The molecule has 0 aromatic heterocycles. The lowest BCUT2D eigenvalue weighted by Gasteiger charge is -1.92. The molecule has 16 heavy (non-hydrogen) atoms. The van der Waals surface area contributed by atoms with E-state index in [0.717, 1.165) is 0 Å². The van der Waals surface area contributed by atoms with E-state index in [2.05, 4.69) is 62.4 Å². The third kappa shape index (κ3) is 3.32. The maximum absolute atomic E-state index is 2.17. The average Bonchev–Trinajstić information content (AvgIpc) is 2.30. The quantitative estimate of drug-likeness (QED) is 0.579. The highest BCUT2D eigenvalue weighted by Gasteiger charge is 2.13. The van der Waals surface area contributed by atoms with Crippen molar-refractivity contribution in [2.24, 2.45) is 0 Å². The SMILES string of the molecule is Cc1ccc(S[S+]c2ccc(C)cc2)cc1. The molecule has 0 heterocycles. The average molecular weight is 246 g/mol. The number of rotatable bonds is 3. The number of benzene rings is 2. The summed E-state index contributed by atoms with van der Waals surface area (Å²) < 4.78 is 0. The Morgan fingerprint density at radius 3 is 1.81 bits per heavy atom. The van der Waals surface area contributed by atoms with Crippen molar-refractivity contribution in [1.82, 2.24) is 0 Å². The first kappa shape index (κ1) is 11.6. The fraction of sp³-hybridized carbons (Fsp3) is 0.143. The first-order valence-electron chi connectivity index (χ1n) is 5.22. The fourth-order valence-corrected chi connectivity index (χ4v) is 3.21. The van der Waals surface area contributed by atoms with E-state index in [-0.39, 0.29) is 0 Å². The van der Waals surface area contributed by atoms with Crippen LogP contribution in [-0.2, 0) is 10.8 Å². The van der Waals surface area contributed by atoms with Crippen LogP contribution in [0.4, 0.5) is 0 Å². The molecular weight excluding hydrogens is 232 g/mol. The molecule has 0 unspecified atom stereocenters. The van der Waals surface area contributed by atoms with E-state index < -0.39 is 0 Å². The summed E-state index contributed by atoms with van der Waals surface area (Å²) in [5.74, 6) is 0. The smallest absolute Gasteiger partial charge is 0.0580 e. The molecule has 0 saturated carbocycles. The molecule has 2 aromatic carbocycles. The summed E-state index contributed by atoms with van der Waals surface area (Å²) in [4.78, 5) is 2.60. The highest BCUT2D eigenvalue weighted by molar-refractivity contribution is 8.66. The van der Waals surface area contributed by atoms with E-state index >= 15 is 0 Å². The molecule has 0 atom stereocenters. The number of hydrogen-bond acceptors (Lipinski definition) is 2. The van der Waals surface area contributed by atoms with E-state index in [1.807, 2.05) is 0 Å². The van der Waals surface area contributed by atoms with Crippen LogP contribution in [0.15, 0.2) is 58.3 Å². The van der Waals surface area contributed by atoms with Gasteiger partial charge in [0.05, 0.1) is 4.90 Å². The van der Waals surface area contributed by atoms with Crippen molar-refractivity contribution >= 4 is 21.6 Å². The van der Waals surface area contributed by atoms with Crippen LogP contribution in [0.1, 0.15) is 11.1 Å². The Kier molecular flexibility index (Phi) is 3.97. The van der Waals surface area contributed by atoms with Gasteiger partial charge in [-0.05, 0) is 38.1 Å². The molecule has 0 amide bonds. The molecule has 0 bridgehead atoms. The lowest BCUT2D eigenvalue weighted by molar-refractivity contribution is 1.38. The second-order valence-electron chi connectivity index (χ2n) is 3.79. The van der Waals surface area contributed by atoms with Gasteiger partial charge in [-0.2, -0.15) is 0 Å². The van der Waals surface area contributed by atoms with Crippen LogP contribution in [0, 0.1) is 13.8 Å². The zero-order valence-electron chi connectivity index (χ0n) is 9.44. The molecule has 0 aliphatic rings. The molecule has 1 radical (unpaired) electrons. The minimum absolute atomic E-state index is 1.30. The van der Waals surface area contributed by atoms with Crippen molar-refractivity contribution in [3.8, 4) is 0 Å². The Hall–Kier alpha value is -0.860. The van der Waals surface area contributed by atoms with Crippen LogP contribution in [0.25, 0.3) is 0 Å². The Morgan fingerprint density at radius 2 is 1.25 bits per heavy atom. The van der Waals surface area contributed by atoms with Crippen LogP contribution >= 0.6 is 10.8 Å². The lowest BCUT2D eigenvalue weighted by atomic mass is 10.2. The second-order valence-corrected chi connectivity index (χ2v) is 6.07. The van der Waals surface area contributed by atoms with Crippen LogP contribution in [0.2, 0.25) is 0 Å². The molecule has 0 aliphatic carbocycles. The molecule has 0 N–H and O–H groups in total. The van der Waals surface area contributed by atoms with Gasteiger partial charge in [-0.1, -0.05) is 35.4 Å². The maximum atomic E-state index is 2.17. The third-order valence-corrected chi connectivity index (χ3v) is 4.69. The van der Waals surface area contributed by atoms with E-state index in [0.29, 0.717) is 0 Å². The van der Waals surface area contributed by atoms with Crippen molar-refractivity contribution in [3.63, 3.8) is 0 Å². The summed E-state index contributed by atoms with van der Waals surface area (Å²) in [5, 5.41) is 0. The lowest BCUT2D eigenvalue weighted by Crippen LogP contribution is -1.79. The zero-order valence-corrected chi connectivity index (χ0v) is 11.1. The van der Waals surface area contributed by atoms with Crippen LogP contribution in [0.3, 0.4) is 0 Å². The monoisotopic (exact) mass is 246 g/mol. The molecule has 0 spiro atoms. The minimum atomic E-state index is 1.30. The van der Waals surface area contributed by atoms with Gasteiger partial charge < -0.3 is 0 Å². The largest absolute Gasteiger partial charge is 0.330 e. The van der Waals surface area contributed by atoms with Crippen molar-refractivity contribution in [3.05, 3.63) is 59.7 Å².